The minimum Gasteiger partial charge on any atom is -0.488 e. The van der Waals surface area contributed by atoms with Crippen molar-refractivity contribution >= 4 is 17.6 Å². The summed E-state index contributed by atoms with van der Waals surface area (Å²) in [6.07, 6.45) is -8.34. The van der Waals surface area contributed by atoms with Crippen molar-refractivity contribution in [3.05, 3.63) is 95.1 Å². The highest BCUT2D eigenvalue weighted by molar-refractivity contribution is 6.21. The molecule has 1 aliphatic heterocycles. The Morgan fingerprint density at radius 2 is 1.33 bits per heavy atom. The number of hydrogen-bond donors (Lipinski definition) is 0. The molecule has 4 rings (SSSR count). The van der Waals surface area contributed by atoms with Crippen LogP contribution in [0.2, 0.25) is 0 Å². The van der Waals surface area contributed by atoms with Crippen molar-refractivity contribution in [3.8, 4) is 5.75 Å². The van der Waals surface area contributed by atoms with Gasteiger partial charge in [-0.3, -0.25) is 4.79 Å². The van der Waals surface area contributed by atoms with Crippen molar-refractivity contribution < 1.29 is 40.7 Å². The SMILES string of the molecule is O=C(c1ccccc1OCc1ccccc1)N(C(=O)N1CCCCC1)c1cc(C(F)(F)F)cc(C(F)(F)F)c1. The van der Waals surface area contributed by atoms with Crippen molar-refractivity contribution in [3.63, 3.8) is 0 Å². The molecule has 0 unspecified atom stereocenters. The molecular formula is C28H24F6N2O3. The maximum absolute atomic E-state index is 13.8. The topological polar surface area (TPSA) is 49.9 Å². The van der Waals surface area contributed by atoms with E-state index >= 15 is 0 Å². The summed E-state index contributed by atoms with van der Waals surface area (Å²) in [6, 6.07) is 14.4. The summed E-state index contributed by atoms with van der Waals surface area (Å²) in [5.74, 6) is -1.09. The molecule has 1 saturated heterocycles. The normalized spacial score (nSPS) is 14.2. The van der Waals surface area contributed by atoms with Crippen LogP contribution >= 0.6 is 0 Å². The number of urea groups is 1. The van der Waals surface area contributed by atoms with Crippen LogP contribution in [0.3, 0.4) is 0 Å². The molecule has 39 heavy (non-hydrogen) atoms. The molecule has 0 radical (unpaired) electrons. The van der Waals surface area contributed by atoms with Gasteiger partial charge in [0.05, 0.1) is 22.4 Å². The lowest BCUT2D eigenvalue weighted by Crippen LogP contribution is -2.48. The maximum Gasteiger partial charge on any atom is 0.416 e. The number of rotatable bonds is 5. The molecule has 3 aromatic rings. The standard InChI is InChI=1S/C28H24F6N2O3/c29-27(30,31)20-15-21(28(32,33)34)17-22(16-20)36(26(38)35-13-7-2-8-14-35)25(37)23-11-5-6-12-24(23)39-18-19-9-3-1-4-10-19/h1,3-6,9-12,15-17H,2,7-8,13-14,18H2. The van der Waals surface area contributed by atoms with E-state index in [1.54, 1.807) is 36.4 Å². The minimum atomic E-state index is -5.16. The summed E-state index contributed by atoms with van der Waals surface area (Å²) in [5, 5.41) is 0. The van der Waals surface area contributed by atoms with Crippen molar-refractivity contribution in [2.45, 2.75) is 38.2 Å². The van der Waals surface area contributed by atoms with Crippen molar-refractivity contribution in [1.82, 2.24) is 4.90 Å². The molecule has 5 nitrogen and oxygen atoms in total. The van der Waals surface area contributed by atoms with Gasteiger partial charge in [-0.2, -0.15) is 26.3 Å². The van der Waals surface area contributed by atoms with Gasteiger partial charge in [0.25, 0.3) is 5.91 Å². The zero-order valence-electron chi connectivity index (χ0n) is 20.6. The summed E-state index contributed by atoms with van der Waals surface area (Å²) in [7, 11) is 0. The van der Waals surface area contributed by atoms with Crippen molar-refractivity contribution in [2.75, 3.05) is 18.0 Å². The Kier molecular flexibility index (Phi) is 8.17. The Bertz CT molecular complexity index is 1290. The van der Waals surface area contributed by atoms with Gasteiger partial charge in [-0.05, 0) is 55.2 Å². The van der Waals surface area contributed by atoms with Crippen LogP contribution in [0.4, 0.5) is 36.8 Å². The molecule has 11 heteroatoms. The molecule has 0 bridgehead atoms. The number of anilines is 1. The van der Waals surface area contributed by atoms with E-state index in [0.29, 0.717) is 29.9 Å². The summed E-state index contributed by atoms with van der Waals surface area (Å²) >= 11 is 0. The van der Waals surface area contributed by atoms with Crippen LogP contribution in [0, 0.1) is 0 Å². The van der Waals surface area contributed by atoms with Crippen LogP contribution in [0.5, 0.6) is 5.75 Å². The van der Waals surface area contributed by atoms with Crippen LogP contribution in [0.1, 0.15) is 46.3 Å². The zero-order chi connectivity index (χ0) is 28.2. The summed E-state index contributed by atoms with van der Waals surface area (Å²) in [5.41, 5.74) is -3.54. The number of alkyl halides is 6. The first-order chi connectivity index (χ1) is 18.4. The number of para-hydroxylation sites is 1. The van der Waals surface area contributed by atoms with E-state index in [9.17, 15) is 35.9 Å². The number of halogens is 6. The quantitative estimate of drug-likeness (QED) is 0.308. The van der Waals surface area contributed by atoms with Crippen LogP contribution < -0.4 is 9.64 Å². The number of amides is 3. The number of piperidine rings is 1. The van der Waals surface area contributed by atoms with Gasteiger partial charge >= 0.3 is 18.4 Å². The Morgan fingerprint density at radius 1 is 0.769 bits per heavy atom. The number of carbonyl (C=O) groups is 2. The second kappa shape index (κ2) is 11.4. The fourth-order valence-electron chi connectivity index (χ4n) is 4.23. The molecule has 0 aliphatic carbocycles. The van der Waals surface area contributed by atoms with Crippen LogP contribution in [-0.2, 0) is 19.0 Å². The van der Waals surface area contributed by atoms with Crippen LogP contribution in [0.25, 0.3) is 0 Å². The predicted molar refractivity (Wildman–Crippen MR) is 131 cm³/mol. The highest BCUT2D eigenvalue weighted by Gasteiger charge is 2.40. The van der Waals surface area contributed by atoms with E-state index in [1.807, 2.05) is 0 Å². The predicted octanol–water partition coefficient (Wildman–Crippen LogP) is 7.56. The first kappa shape index (κ1) is 28.0. The molecule has 0 spiro atoms. The third-order valence-corrected chi connectivity index (χ3v) is 6.21. The van der Waals surface area contributed by atoms with Crippen molar-refractivity contribution in [1.29, 1.82) is 0 Å². The minimum absolute atomic E-state index is 0.0193. The number of likely N-dealkylation sites (tertiary alicyclic amines) is 1. The molecule has 0 aromatic heterocycles. The highest BCUT2D eigenvalue weighted by atomic mass is 19.4. The van der Waals surface area contributed by atoms with Gasteiger partial charge in [-0.1, -0.05) is 42.5 Å². The molecule has 0 atom stereocenters. The second-order valence-corrected chi connectivity index (χ2v) is 9.01. The first-order valence-electron chi connectivity index (χ1n) is 12.1. The number of carbonyl (C=O) groups excluding carboxylic acids is 2. The fraction of sp³-hybridized carbons (Fsp3) is 0.286. The molecule has 1 aliphatic rings. The molecular weight excluding hydrogens is 526 g/mol. The Labute approximate surface area is 220 Å². The van der Waals surface area contributed by atoms with E-state index in [-0.39, 0.29) is 37.1 Å². The Balaban J connectivity index is 1.80. The van der Waals surface area contributed by atoms with E-state index in [1.165, 1.54) is 23.1 Å². The average molecular weight is 550 g/mol. The lowest BCUT2D eigenvalue weighted by Gasteiger charge is -2.32. The Morgan fingerprint density at radius 3 is 1.92 bits per heavy atom. The monoisotopic (exact) mass is 550 g/mol. The molecule has 1 heterocycles. The zero-order valence-corrected chi connectivity index (χ0v) is 20.6. The molecule has 0 saturated carbocycles. The third kappa shape index (κ3) is 6.71. The lowest BCUT2D eigenvalue weighted by molar-refractivity contribution is -0.143. The molecule has 0 N–H and O–H groups in total. The average Bonchev–Trinajstić information content (AvgIpc) is 2.92. The van der Waals surface area contributed by atoms with Crippen LogP contribution in [0.15, 0.2) is 72.8 Å². The van der Waals surface area contributed by atoms with Gasteiger partial charge in [-0.25, -0.2) is 9.69 Å². The summed E-state index contributed by atoms with van der Waals surface area (Å²) < 4.78 is 87.5. The second-order valence-electron chi connectivity index (χ2n) is 9.01. The summed E-state index contributed by atoms with van der Waals surface area (Å²) in [4.78, 5) is 29.0. The third-order valence-electron chi connectivity index (χ3n) is 6.21. The number of ether oxygens (including phenoxy) is 1. The first-order valence-corrected chi connectivity index (χ1v) is 12.1. The van der Waals surface area contributed by atoms with Gasteiger partial charge in [-0.15, -0.1) is 0 Å². The maximum atomic E-state index is 13.8. The van der Waals surface area contributed by atoms with Gasteiger partial charge < -0.3 is 9.64 Å². The Hall–Kier alpha value is -4.02. The van der Waals surface area contributed by atoms with Gasteiger partial charge in [0.15, 0.2) is 0 Å². The lowest BCUT2D eigenvalue weighted by atomic mass is 10.1. The number of benzene rings is 3. The van der Waals surface area contributed by atoms with Gasteiger partial charge in [0.2, 0.25) is 0 Å². The van der Waals surface area contributed by atoms with Crippen LogP contribution in [-0.4, -0.2) is 29.9 Å². The van der Waals surface area contributed by atoms with E-state index in [2.05, 4.69) is 0 Å². The van der Waals surface area contributed by atoms with E-state index < -0.39 is 41.1 Å². The summed E-state index contributed by atoms with van der Waals surface area (Å²) in [6.45, 7) is 0.451. The van der Waals surface area contributed by atoms with E-state index in [4.69, 9.17) is 4.74 Å². The number of nitrogens with zero attached hydrogens (tertiary/aromatic N) is 2. The highest BCUT2D eigenvalue weighted by Crippen LogP contribution is 2.39. The fourth-order valence-corrected chi connectivity index (χ4v) is 4.23. The molecule has 3 aromatic carbocycles. The molecule has 206 valence electrons. The number of imide groups is 1. The molecule has 1 fully saturated rings. The van der Waals surface area contributed by atoms with Gasteiger partial charge in [0.1, 0.15) is 12.4 Å². The molecule has 3 amide bonds. The number of hydrogen-bond acceptors (Lipinski definition) is 3. The van der Waals surface area contributed by atoms with Gasteiger partial charge in [0, 0.05) is 13.1 Å². The van der Waals surface area contributed by atoms with Crippen molar-refractivity contribution in [2.24, 2.45) is 0 Å². The van der Waals surface area contributed by atoms with E-state index in [0.717, 1.165) is 12.0 Å². The smallest absolute Gasteiger partial charge is 0.416 e. The largest absolute Gasteiger partial charge is 0.488 e.